The van der Waals surface area contributed by atoms with Crippen LogP contribution in [0.1, 0.15) is 64.7 Å². The van der Waals surface area contributed by atoms with Crippen molar-refractivity contribution < 1.29 is 4.74 Å². The summed E-state index contributed by atoms with van der Waals surface area (Å²) in [5.41, 5.74) is 6.34. The van der Waals surface area contributed by atoms with Crippen LogP contribution in [0.15, 0.2) is 0 Å². The van der Waals surface area contributed by atoms with Crippen LogP contribution in [0.3, 0.4) is 0 Å². The summed E-state index contributed by atoms with van der Waals surface area (Å²) in [5, 5.41) is 0. The highest BCUT2D eigenvalue weighted by Gasteiger charge is 2.41. The molecule has 3 unspecified atom stereocenters. The number of hydrogen-bond acceptors (Lipinski definition) is 3. The van der Waals surface area contributed by atoms with Gasteiger partial charge in [0.15, 0.2) is 0 Å². The monoisotopic (exact) mass is 266 g/mol. The van der Waals surface area contributed by atoms with Crippen molar-refractivity contribution in [1.82, 2.24) is 4.90 Å². The molecule has 1 aliphatic carbocycles. The van der Waals surface area contributed by atoms with Crippen molar-refractivity contribution in [2.24, 2.45) is 5.73 Å². The van der Waals surface area contributed by atoms with Gasteiger partial charge in [-0.25, -0.2) is 0 Å². The normalized spacial score (nSPS) is 40.4. The molecule has 3 aliphatic rings. The van der Waals surface area contributed by atoms with Crippen LogP contribution < -0.4 is 5.73 Å². The highest BCUT2D eigenvalue weighted by Crippen LogP contribution is 2.40. The van der Waals surface area contributed by atoms with E-state index in [9.17, 15) is 0 Å². The second-order valence-electron chi connectivity index (χ2n) is 7.11. The fourth-order valence-corrected chi connectivity index (χ4v) is 4.60. The van der Waals surface area contributed by atoms with Gasteiger partial charge in [0.2, 0.25) is 0 Å². The minimum absolute atomic E-state index is 0.237. The summed E-state index contributed by atoms with van der Waals surface area (Å²) in [5.74, 6) is 0. The van der Waals surface area contributed by atoms with Crippen molar-refractivity contribution in [3.63, 3.8) is 0 Å². The molecule has 1 saturated carbocycles. The second-order valence-corrected chi connectivity index (χ2v) is 7.11. The molecule has 2 aliphatic heterocycles. The first kappa shape index (κ1) is 13.8. The highest BCUT2D eigenvalue weighted by atomic mass is 16.5. The highest BCUT2D eigenvalue weighted by molar-refractivity contribution is 4.95. The van der Waals surface area contributed by atoms with Crippen LogP contribution >= 0.6 is 0 Å². The van der Waals surface area contributed by atoms with Crippen LogP contribution in [0.2, 0.25) is 0 Å². The fourth-order valence-electron chi connectivity index (χ4n) is 4.60. The molecule has 110 valence electrons. The molecule has 2 heterocycles. The van der Waals surface area contributed by atoms with Gasteiger partial charge in [-0.1, -0.05) is 19.3 Å². The predicted molar refractivity (Wildman–Crippen MR) is 78.2 cm³/mol. The Kier molecular flexibility index (Phi) is 4.16. The lowest BCUT2D eigenvalue weighted by Gasteiger charge is -2.49. The topological polar surface area (TPSA) is 38.5 Å². The number of likely N-dealkylation sites (tertiary alicyclic amines) is 1. The lowest BCUT2D eigenvalue weighted by atomic mass is 9.77. The van der Waals surface area contributed by atoms with Gasteiger partial charge in [0.05, 0.1) is 5.60 Å². The molecule has 2 saturated heterocycles. The zero-order chi connectivity index (χ0) is 13.3. The summed E-state index contributed by atoms with van der Waals surface area (Å²) in [6, 6.07) is 1.83. The summed E-state index contributed by atoms with van der Waals surface area (Å²) >= 11 is 0. The molecule has 0 aromatic rings. The summed E-state index contributed by atoms with van der Waals surface area (Å²) in [6.45, 7) is 4.53. The number of piperidine rings is 1. The minimum Gasteiger partial charge on any atom is -0.375 e. The molecule has 1 spiro atoms. The molecule has 0 amide bonds. The molecule has 2 N–H and O–H groups in total. The first-order valence-electron chi connectivity index (χ1n) is 8.34. The van der Waals surface area contributed by atoms with E-state index in [2.05, 4.69) is 11.8 Å². The fraction of sp³-hybridized carbons (Fsp3) is 1.00. The van der Waals surface area contributed by atoms with Crippen LogP contribution in [-0.2, 0) is 4.74 Å². The Bertz CT molecular complexity index is 296. The van der Waals surface area contributed by atoms with Crippen LogP contribution in [-0.4, -0.2) is 41.8 Å². The zero-order valence-electron chi connectivity index (χ0n) is 12.4. The molecule has 3 fully saturated rings. The average molecular weight is 266 g/mol. The van der Waals surface area contributed by atoms with Gasteiger partial charge in [0.25, 0.3) is 0 Å². The summed E-state index contributed by atoms with van der Waals surface area (Å²) < 4.78 is 6.23. The third-order valence-electron chi connectivity index (χ3n) is 5.67. The second kappa shape index (κ2) is 5.71. The minimum atomic E-state index is 0.237. The molecular weight excluding hydrogens is 236 g/mol. The third-order valence-corrected chi connectivity index (χ3v) is 5.67. The smallest absolute Gasteiger partial charge is 0.0697 e. The van der Waals surface area contributed by atoms with Crippen LogP contribution in [0.25, 0.3) is 0 Å². The molecule has 3 atom stereocenters. The maximum Gasteiger partial charge on any atom is 0.0697 e. The number of ether oxygens (including phenoxy) is 1. The molecule has 0 radical (unpaired) electrons. The zero-order valence-corrected chi connectivity index (χ0v) is 12.4. The van der Waals surface area contributed by atoms with Gasteiger partial charge >= 0.3 is 0 Å². The Balaban J connectivity index is 1.64. The molecule has 19 heavy (non-hydrogen) atoms. The molecule has 3 nitrogen and oxygen atoms in total. The van der Waals surface area contributed by atoms with E-state index in [1.165, 1.54) is 64.3 Å². The predicted octanol–water partition coefficient (Wildman–Crippen LogP) is 2.68. The SMILES string of the molecule is CC1CC(N)CCN1C1CCOC2(CCCCC2)C1. The van der Waals surface area contributed by atoms with E-state index < -0.39 is 0 Å². The molecule has 0 aromatic heterocycles. The Hall–Kier alpha value is -0.120. The first-order chi connectivity index (χ1) is 9.19. The van der Waals surface area contributed by atoms with E-state index in [1.54, 1.807) is 0 Å². The van der Waals surface area contributed by atoms with Gasteiger partial charge < -0.3 is 10.5 Å². The maximum atomic E-state index is 6.23. The van der Waals surface area contributed by atoms with E-state index in [4.69, 9.17) is 10.5 Å². The molecule has 0 aromatic carbocycles. The van der Waals surface area contributed by atoms with E-state index >= 15 is 0 Å². The van der Waals surface area contributed by atoms with Crippen molar-refractivity contribution in [1.29, 1.82) is 0 Å². The quantitative estimate of drug-likeness (QED) is 0.793. The molecular formula is C16H30N2O. The van der Waals surface area contributed by atoms with E-state index in [0.29, 0.717) is 12.1 Å². The van der Waals surface area contributed by atoms with Gasteiger partial charge in [0.1, 0.15) is 0 Å². The number of nitrogens with two attached hydrogens (primary N) is 1. The van der Waals surface area contributed by atoms with Crippen molar-refractivity contribution in [2.75, 3.05) is 13.2 Å². The number of rotatable bonds is 1. The number of hydrogen-bond donors (Lipinski definition) is 1. The van der Waals surface area contributed by atoms with E-state index in [1.807, 2.05) is 0 Å². The Morgan fingerprint density at radius 3 is 2.68 bits per heavy atom. The van der Waals surface area contributed by atoms with Crippen LogP contribution in [0.5, 0.6) is 0 Å². The maximum absolute atomic E-state index is 6.23. The molecule has 3 rings (SSSR count). The largest absolute Gasteiger partial charge is 0.375 e. The summed E-state index contributed by atoms with van der Waals surface area (Å²) in [7, 11) is 0. The van der Waals surface area contributed by atoms with Gasteiger partial charge in [-0.3, -0.25) is 4.90 Å². The standard InChI is InChI=1S/C16H30N2O/c1-13-11-14(17)5-9-18(13)15-6-10-19-16(12-15)7-3-2-4-8-16/h13-15H,2-12,17H2,1H3. The van der Waals surface area contributed by atoms with Crippen LogP contribution in [0, 0.1) is 0 Å². The third kappa shape index (κ3) is 2.98. The van der Waals surface area contributed by atoms with Crippen LogP contribution in [0.4, 0.5) is 0 Å². The Morgan fingerprint density at radius 1 is 1.16 bits per heavy atom. The van der Waals surface area contributed by atoms with Crippen molar-refractivity contribution in [2.45, 2.75) is 88.4 Å². The molecule has 0 bridgehead atoms. The molecule has 3 heteroatoms. The average Bonchev–Trinajstić information content (AvgIpc) is 2.39. The Labute approximate surface area is 117 Å². The first-order valence-corrected chi connectivity index (χ1v) is 8.34. The lowest BCUT2D eigenvalue weighted by Crippen LogP contribution is -2.55. The van der Waals surface area contributed by atoms with E-state index in [0.717, 1.165) is 12.6 Å². The lowest BCUT2D eigenvalue weighted by molar-refractivity contribution is -0.130. The van der Waals surface area contributed by atoms with Crippen molar-refractivity contribution in [3.8, 4) is 0 Å². The summed E-state index contributed by atoms with van der Waals surface area (Å²) in [6.07, 6.45) is 11.6. The number of nitrogens with zero attached hydrogens (tertiary/aromatic N) is 1. The van der Waals surface area contributed by atoms with Gasteiger partial charge in [-0.05, 0) is 45.4 Å². The van der Waals surface area contributed by atoms with Gasteiger partial charge in [0, 0.05) is 31.3 Å². The van der Waals surface area contributed by atoms with E-state index in [-0.39, 0.29) is 5.60 Å². The van der Waals surface area contributed by atoms with Crippen molar-refractivity contribution >= 4 is 0 Å². The Morgan fingerprint density at radius 2 is 1.95 bits per heavy atom. The van der Waals surface area contributed by atoms with Gasteiger partial charge in [-0.2, -0.15) is 0 Å². The van der Waals surface area contributed by atoms with Crippen molar-refractivity contribution in [3.05, 3.63) is 0 Å². The summed E-state index contributed by atoms with van der Waals surface area (Å²) in [4.78, 5) is 2.74. The van der Waals surface area contributed by atoms with Gasteiger partial charge in [-0.15, -0.1) is 0 Å².